The number of benzene rings is 1. The molecule has 0 unspecified atom stereocenters. The van der Waals surface area contributed by atoms with Gasteiger partial charge in [0, 0.05) is 24.0 Å². The Hall–Kier alpha value is -2.30. The number of primary amides is 1. The van der Waals surface area contributed by atoms with E-state index in [1.54, 1.807) is 38.3 Å². The van der Waals surface area contributed by atoms with Crippen LogP contribution in [0, 0.1) is 6.92 Å². The van der Waals surface area contributed by atoms with Gasteiger partial charge in [-0.15, -0.1) is 11.3 Å². The lowest BCUT2D eigenvalue weighted by molar-refractivity contribution is -0.117. The monoisotopic (exact) mass is 410 g/mol. The number of nitrogens with two attached hydrogens (primary N) is 1. The minimum atomic E-state index is -3.68. The maximum atomic E-state index is 12.8. The number of anilines is 1. The van der Waals surface area contributed by atoms with Gasteiger partial charge >= 0.3 is 0 Å². The number of aromatic nitrogens is 1. The number of carbonyl (C=O) groups is 2. The first kappa shape index (κ1) is 21.0. The normalized spacial score (nSPS) is 11.6. The Bertz CT molecular complexity index is 950. The molecule has 1 aromatic heterocycles. The Balaban J connectivity index is 2.28. The summed E-state index contributed by atoms with van der Waals surface area (Å²) in [7, 11) is -3.68. The van der Waals surface area contributed by atoms with Crippen LogP contribution in [0.4, 0.5) is 5.13 Å². The van der Waals surface area contributed by atoms with Crippen molar-refractivity contribution in [1.82, 2.24) is 9.29 Å². The van der Waals surface area contributed by atoms with Gasteiger partial charge in [-0.25, -0.2) is 13.4 Å². The fourth-order valence-electron chi connectivity index (χ4n) is 2.52. The quantitative estimate of drug-likeness (QED) is 0.686. The zero-order chi connectivity index (χ0) is 20.2. The summed E-state index contributed by atoms with van der Waals surface area (Å²) in [5.41, 5.74) is 6.36. The van der Waals surface area contributed by atoms with E-state index in [1.807, 2.05) is 0 Å². The predicted molar refractivity (Wildman–Crippen MR) is 104 cm³/mol. The number of nitrogens with one attached hydrogen (secondary N) is 1. The van der Waals surface area contributed by atoms with Gasteiger partial charge in [-0.2, -0.15) is 4.31 Å². The first-order valence-corrected chi connectivity index (χ1v) is 10.7. The van der Waals surface area contributed by atoms with Gasteiger partial charge in [-0.3, -0.25) is 14.9 Å². The van der Waals surface area contributed by atoms with Crippen LogP contribution in [0.5, 0.6) is 0 Å². The highest BCUT2D eigenvalue weighted by molar-refractivity contribution is 7.89. The zero-order valence-electron chi connectivity index (χ0n) is 15.4. The van der Waals surface area contributed by atoms with Gasteiger partial charge in [0.1, 0.15) is 0 Å². The molecule has 1 aromatic carbocycles. The first-order chi connectivity index (χ1) is 12.7. The second-order valence-corrected chi connectivity index (χ2v) is 8.58. The maximum absolute atomic E-state index is 12.8. The number of hydrogen-bond donors (Lipinski definition) is 2. The predicted octanol–water partition coefficient (Wildman–Crippen LogP) is 1.76. The van der Waals surface area contributed by atoms with Gasteiger partial charge in [0.2, 0.25) is 15.9 Å². The lowest BCUT2D eigenvalue weighted by atomic mass is 10.1. The van der Waals surface area contributed by atoms with E-state index in [2.05, 4.69) is 10.3 Å². The minimum Gasteiger partial charge on any atom is -0.369 e. The third kappa shape index (κ3) is 4.90. The Labute approximate surface area is 162 Å². The number of aryl methyl sites for hydroxylation is 1. The summed E-state index contributed by atoms with van der Waals surface area (Å²) in [5.74, 6) is -0.992. The molecule has 0 fully saturated rings. The van der Waals surface area contributed by atoms with Crippen LogP contribution in [0.1, 0.15) is 35.5 Å². The molecule has 0 aliphatic rings. The third-order valence-corrected chi connectivity index (χ3v) is 6.90. The van der Waals surface area contributed by atoms with E-state index in [-0.39, 0.29) is 16.9 Å². The molecule has 0 atom stereocenters. The third-order valence-electron chi connectivity index (χ3n) is 3.90. The number of thiazole rings is 1. The number of nitrogens with zero attached hydrogens (tertiary/aromatic N) is 2. The van der Waals surface area contributed by atoms with E-state index in [9.17, 15) is 18.0 Å². The first-order valence-electron chi connectivity index (χ1n) is 8.33. The van der Waals surface area contributed by atoms with Crippen LogP contribution < -0.4 is 11.1 Å². The standard InChI is InChI=1S/C17H22N4O4S2/c1-4-21(5-2)27(24,25)14-8-12(7-6-11(14)3)16(23)20-17-19-13(10-26-17)9-15(18)22/h6-8,10H,4-5,9H2,1-3H3,(H2,18,22)(H,19,20,23). The second kappa shape index (κ2) is 8.59. The van der Waals surface area contributed by atoms with Crippen molar-refractivity contribution in [1.29, 1.82) is 0 Å². The molecule has 0 bridgehead atoms. The van der Waals surface area contributed by atoms with Crippen LogP contribution >= 0.6 is 11.3 Å². The smallest absolute Gasteiger partial charge is 0.257 e. The van der Waals surface area contributed by atoms with Gasteiger partial charge in [0.15, 0.2) is 5.13 Å². The average molecular weight is 411 g/mol. The molecule has 2 amide bonds. The summed E-state index contributed by atoms with van der Waals surface area (Å²) < 4.78 is 26.9. The Morgan fingerprint density at radius 1 is 1.26 bits per heavy atom. The Kier molecular flexibility index (Phi) is 6.68. The minimum absolute atomic E-state index is 0.0107. The van der Waals surface area contributed by atoms with Gasteiger partial charge in [-0.1, -0.05) is 19.9 Å². The molecule has 0 radical (unpaired) electrons. The van der Waals surface area contributed by atoms with Crippen LogP contribution in [-0.4, -0.2) is 42.6 Å². The number of amides is 2. The highest BCUT2D eigenvalue weighted by Gasteiger charge is 2.24. The highest BCUT2D eigenvalue weighted by Crippen LogP contribution is 2.23. The van der Waals surface area contributed by atoms with E-state index >= 15 is 0 Å². The van der Waals surface area contributed by atoms with Crippen LogP contribution in [0.2, 0.25) is 0 Å². The molecule has 27 heavy (non-hydrogen) atoms. The molecule has 0 saturated heterocycles. The number of rotatable bonds is 8. The molecule has 1 heterocycles. The average Bonchev–Trinajstić information content (AvgIpc) is 3.01. The lowest BCUT2D eigenvalue weighted by Crippen LogP contribution is -2.31. The topological polar surface area (TPSA) is 122 Å². The van der Waals surface area contributed by atoms with E-state index < -0.39 is 21.8 Å². The molecule has 2 rings (SSSR count). The Morgan fingerprint density at radius 3 is 2.52 bits per heavy atom. The Morgan fingerprint density at radius 2 is 1.93 bits per heavy atom. The molecule has 146 valence electrons. The molecular weight excluding hydrogens is 388 g/mol. The molecule has 10 heteroatoms. The van der Waals surface area contributed by atoms with Crippen molar-refractivity contribution >= 4 is 38.3 Å². The number of sulfonamides is 1. The molecular formula is C17H22N4O4S2. The van der Waals surface area contributed by atoms with Crippen molar-refractivity contribution in [2.45, 2.75) is 32.1 Å². The van der Waals surface area contributed by atoms with Crippen LogP contribution in [-0.2, 0) is 21.2 Å². The molecule has 0 aliphatic heterocycles. The molecule has 0 saturated carbocycles. The molecule has 0 aliphatic carbocycles. The SMILES string of the molecule is CCN(CC)S(=O)(=O)c1cc(C(=O)Nc2nc(CC(N)=O)cs2)ccc1C. The summed E-state index contributed by atoms with van der Waals surface area (Å²) in [4.78, 5) is 27.7. The summed E-state index contributed by atoms with van der Waals surface area (Å²) in [5, 5.41) is 4.56. The molecule has 8 nitrogen and oxygen atoms in total. The fraction of sp³-hybridized carbons (Fsp3) is 0.353. The van der Waals surface area contributed by atoms with Crippen molar-refractivity contribution in [3.8, 4) is 0 Å². The summed E-state index contributed by atoms with van der Waals surface area (Å²) in [6, 6.07) is 4.53. The van der Waals surface area contributed by atoms with Crippen molar-refractivity contribution < 1.29 is 18.0 Å². The van der Waals surface area contributed by atoms with E-state index in [4.69, 9.17) is 5.73 Å². The fourth-order valence-corrected chi connectivity index (χ4v) is 4.93. The largest absolute Gasteiger partial charge is 0.369 e. The van der Waals surface area contributed by atoms with E-state index in [0.29, 0.717) is 29.5 Å². The van der Waals surface area contributed by atoms with Crippen molar-refractivity contribution in [3.05, 3.63) is 40.4 Å². The van der Waals surface area contributed by atoms with Crippen LogP contribution in [0.3, 0.4) is 0 Å². The molecule has 0 spiro atoms. The number of carbonyl (C=O) groups excluding carboxylic acids is 2. The van der Waals surface area contributed by atoms with Crippen LogP contribution in [0.25, 0.3) is 0 Å². The van der Waals surface area contributed by atoms with Crippen LogP contribution in [0.15, 0.2) is 28.5 Å². The summed E-state index contributed by atoms with van der Waals surface area (Å²) >= 11 is 1.16. The van der Waals surface area contributed by atoms with Gasteiger partial charge in [-0.05, 0) is 24.6 Å². The summed E-state index contributed by atoms with van der Waals surface area (Å²) in [6.45, 7) is 5.90. The maximum Gasteiger partial charge on any atom is 0.257 e. The second-order valence-electron chi connectivity index (χ2n) is 5.81. The lowest BCUT2D eigenvalue weighted by Gasteiger charge is -2.20. The summed E-state index contributed by atoms with van der Waals surface area (Å²) in [6.07, 6.45) is -0.0107. The van der Waals surface area contributed by atoms with Crippen molar-refractivity contribution in [3.63, 3.8) is 0 Å². The zero-order valence-corrected chi connectivity index (χ0v) is 17.0. The number of hydrogen-bond acceptors (Lipinski definition) is 6. The molecule has 3 N–H and O–H groups in total. The molecule has 2 aromatic rings. The van der Waals surface area contributed by atoms with Crippen molar-refractivity contribution in [2.75, 3.05) is 18.4 Å². The van der Waals surface area contributed by atoms with E-state index in [1.165, 1.54) is 10.4 Å². The van der Waals surface area contributed by atoms with Gasteiger partial charge in [0.05, 0.1) is 17.0 Å². The van der Waals surface area contributed by atoms with Gasteiger partial charge in [0.25, 0.3) is 5.91 Å². The highest BCUT2D eigenvalue weighted by atomic mass is 32.2. The van der Waals surface area contributed by atoms with Gasteiger partial charge < -0.3 is 5.73 Å². The van der Waals surface area contributed by atoms with Crippen molar-refractivity contribution in [2.24, 2.45) is 5.73 Å². The van der Waals surface area contributed by atoms with E-state index in [0.717, 1.165) is 11.3 Å².